The summed E-state index contributed by atoms with van der Waals surface area (Å²) >= 11 is 0. The van der Waals surface area contributed by atoms with Gasteiger partial charge in [-0.25, -0.2) is 14.1 Å². The van der Waals surface area contributed by atoms with Crippen LogP contribution in [0.2, 0.25) is 0 Å². The van der Waals surface area contributed by atoms with Crippen LogP contribution in [0.15, 0.2) is 102 Å². The predicted molar refractivity (Wildman–Crippen MR) is 140 cm³/mol. The van der Waals surface area contributed by atoms with Gasteiger partial charge < -0.3 is 5.32 Å². The van der Waals surface area contributed by atoms with Gasteiger partial charge in [-0.05, 0) is 41.8 Å². The highest BCUT2D eigenvalue weighted by molar-refractivity contribution is 5.76. The molecule has 3 aromatic carbocycles. The van der Waals surface area contributed by atoms with E-state index in [0.29, 0.717) is 23.3 Å². The van der Waals surface area contributed by atoms with Gasteiger partial charge in [0.25, 0.3) is 5.56 Å². The van der Waals surface area contributed by atoms with Crippen molar-refractivity contribution in [3.8, 4) is 5.69 Å². The van der Waals surface area contributed by atoms with Crippen molar-refractivity contribution in [3.05, 3.63) is 125 Å². The number of halogens is 1. The molecule has 5 aromatic rings. The van der Waals surface area contributed by atoms with Crippen LogP contribution in [0.1, 0.15) is 29.9 Å². The lowest BCUT2D eigenvalue weighted by atomic mass is 9.88. The predicted octanol–water partition coefficient (Wildman–Crippen LogP) is 4.45. The molecule has 0 saturated carbocycles. The number of aromatic nitrogens is 4. The first kappa shape index (κ1) is 24.1. The highest BCUT2D eigenvalue weighted by atomic mass is 19.1. The zero-order valence-electron chi connectivity index (χ0n) is 20.1. The Morgan fingerprint density at radius 3 is 2.22 bits per heavy atom. The van der Waals surface area contributed by atoms with Crippen LogP contribution in [0.25, 0.3) is 16.7 Å². The Labute approximate surface area is 213 Å². The average Bonchev–Trinajstić information content (AvgIpc) is 3.37. The van der Waals surface area contributed by atoms with Crippen LogP contribution < -0.4 is 10.9 Å². The second-order valence-electron chi connectivity index (χ2n) is 8.78. The van der Waals surface area contributed by atoms with Gasteiger partial charge in [-0.3, -0.25) is 14.2 Å². The fraction of sp³-hybridized carbons (Fsp3) is 0.172. The van der Waals surface area contributed by atoms with E-state index >= 15 is 0 Å². The lowest BCUT2D eigenvalue weighted by Crippen LogP contribution is -2.29. The minimum Gasteiger partial charge on any atom is -0.356 e. The molecule has 0 saturated heterocycles. The van der Waals surface area contributed by atoms with Gasteiger partial charge in [0.1, 0.15) is 11.2 Å². The minimum atomic E-state index is -0.357. The van der Waals surface area contributed by atoms with E-state index in [2.05, 4.69) is 39.7 Å². The summed E-state index contributed by atoms with van der Waals surface area (Å²) in [6.07, 6.45) is 3.77. The van der Waals surface area contributed by atoms with Crippen LogP contribution in [0.4, 0.5) is 4.39 Å². The number of rotatable bonds is 9. The fourth-order valence-corrected chi connectivity index (χ4v) is 4.44. The van der Waals surface area contributed by atoms with Crippen molar-refractivity contribution in [2.24, 2.45) is 0 Å². The molecule has 8 heteroatoms. The van der Waals surface area contributed by atoms with Gasteiger partial charge in [0, 0.05) is 25.4 Å². The molecular formula is C29H26FN5O2. The molecule has 0 unspecified atom stereocenters. The second kappa shape index (κ2) is 11.0. The molecule has 0 aliphatic heterocycles. The number of carbonyl (C=O) groups is 1. The summed E-state index contributed by atoms with van der Waals surface area (Å²) in [6, 6.07) is 26.3. The largest absolute Gasteiger partial charge is 0.356 e. The first-order valence-electron chi connectivity index (χ1n) is 12.2. The van der Waals surface area contributed by atoms with Gasteiger partial charge in [0.2, 0.25) is 5.91 Å². The second-order valence-corrected chi connectivity index (χ2v) is 8.78. The quantitative estimate of drug-likeness (QED) is 0.328. The van der Waals surface area contributed by atoms with Crippen molar-refractivity contribution >= 4 is 16.9 Å². The van der Waals surface area contributed by atoms with Crippen molar-refractivity contribution in [2.75, 3.05) is 6.54 Å². The number of nitrogens with zero attached hydrogens (tertiary/aromatic N) is 4. The molecule has 2 heterocycles. The highest BCUT2D eigenvalue weighted by Crippen LogP contribution is 2.27. The molecule has 1 amide bonds. The maximum atomic E-state index is 13.3. The van der Waals surface area contributed by atoms with Gasteiger partial charge in [-0.2, -0.15) is 5.10 Å². The SMILES string of the molecule is O=C(CCn1cnc2c(cnn2-c2ccc(F)cc2)c1=O)NCCC(c1ccccc1)c1ccccc1. The van der Waals surface area contributed by atoms with Crippen LogP contribution in [0.3, 0.4) is 0 Å². The Morgan fingerprint density at radius 1 is 0.919 bits per heavy atom. The van der Waals surface area contributed by atoms with E-state index in [1.165, 1.54) is 45.0 Å². The maximum absolute atomic E-state index is 13.3. The molecule has 186 valence electrons. The topological polar surface area (TPSA) is 81.8 Å². The molecule has 37 heavy (non-hydrogen) atoms. The van der Waals surface area contributed by atoms with Crippen LogP contribution in [0.5, 0.6) is 0 Å². The summed E-state index contributed by atoms with van der Waals surface area (Å²) in [7, 11) is 0. The maximum Gasteiger partial charge on any atom is 0.264 e. The molecule has 0 fully saturated rings. The van der Waals surface area contributed by atoms with E-state index in [4.69, 9.17) is 0 Å². The number of fused-ring (bicyclic) bond motifs is 1. The Morgan fingerprint density at radius 2 is 1.57 bits per heavy atom. The number of hydrogen-bond acceptors (Lipinski definition) is 4. The van der Waals surface area contributed by atoms with E-state index in [-0.39, 0.29) is 36.2 Å². The summed E-state index contributed by atoms with van der Waals surface area (Å²) in [6.45, 7) is 0.722. The number of carbonyl (C=O) groups excluding carboxylic acids is 1. The Kier molecular flexibility index (Phi) is 7.16. The van der Waals surface area contributed by atoms with Crippen LogP contribution in [0, 0.1) is 5.82 Å². The van der Waals surface area contributed by atoms with Crippen LogP contribution in [-0.2, 0) is 11.3 Å². The molecule has 0 spiro atoms. The zero-order valence-corrected chi connectivity index (χ0v) is 20.1. The lowest BCUT2D eigenvalue weighted by molar-refractivity contribution is -0.121. The van der Waals surface area contributed by atoms with Crippen molar-refractivity contribution in [1.82, 2.24) is 24.6 Å². The Balaban J connectivity index is 1.21. The third-order valence-corrected chi connectivity index (χ3v) is 6.36. The normalized spacial score (nSPS) is 11.2. The molecule has 0 radical (unpaired) electrons. The lowest BCUT2D eigenvalue weighted by Gasteiger charge is -2.18. The number of amides is 1. The van der Waals surface area contributed by atoms with Gasteiger partial charge in [-0.1, -0.05) is 60.7 Å². The van der Waals surface area contributed by atoms with Gasteiger partial charge in [0.05, 0.1) is 18.2 Å². The Hall–Kier alpha value is -4.59. The van der Waals surface area contributed by atoms with Gasteiger partial charge in [0.15, 0.2) is 5.65 Å². The molecule has 2 aromatic heterocycles. The summed E-state index contributed by atoms with van der Waals surface area (Å²) in [5.41, 5.74) is 3.11. The summed E-state index contributed by atoms with van der Waals surface area (Å²) in [5.74, 6) is -0.312. The van der Waals surface area contributed by atoms with Crippen molar-refractivity contribution in [1.29, 1.82) is 0 Å². The summed E-state index contributed by atoms with van der Waals surface area (Å²) in [4.78, 5) is 29.9. The molecule has 0 aliphatic carbocycles. The minimum absolute atomic E-state index is 0.131. The molecular weight excluding hydrogens is 469 g/mol. The number of nitrogens with one attached hydrogen (secondary N) is 1. The van der Waals surface area contributed by atoms with Crippen molar-refractivity contribution in [3.63, 3.8) is 0 Å². The number of hydrogen-bond donors (Lipinski definition) is 1. The number of benzene rings is 3. The molecule has 5 rings (SSSR count). The third kappa shape index (κ3) is 5.48. The standard InChI is InChI=1S/C29H26FN5O2/c30-23-11-13-24(14-12-23)35-28-26(19-33-35)29(37)34(20-32-28)18-16-27(36)31-17-15-25(21-7-3-1-4-8-21)22-9-5-2-6-10-22/h1-14,19-20,25H,15-18H2,(H,31,36). The van der Waals surface area contributed by atoms with E-state index in [1.807, 2.05) is 36.4 Å². The summed E-state index contributed by atoms with van der Waals surface area (Å²) < 4.78 is 16.2. The van der Waals surface area contributed by atoms with E-state index < -0.39 is 0 Å². The molecule has 0 aliphatic rings. The van der Waals surface area contributed by atoms with Gasteiger partial charge >= 0.3 is 0 Å². The third-order valence-electron chi connectivity index (χ3n) is 6.36. The Bertz CT molecular complexity index is 1510. The first-order valence-corrected chi connectivity index (χ1v) is 12.2. The number of aryl methyl sites for hydroxylation is 1. The van der Waals surface area contributed by atoms with Crippen LogP contribution in [-0.4, -0.2) is 31.8 Å². The first-order chi connectivity index (χ1) is 18.1. The molecule has 0 bridgehead atoms. The molecule has 1 N–H and O–H groups in total. The fourth-order valence-electron chi connectivity index (χ4n) is 4.44. The van der Waals surface area contributed by atoms with Crippen molar-refractivity contribution < 1.29 is 9.18 Å². The smallest absolute Gasteiger partial charge is 0.264 e. The monoisotopic (exact) mass is 495 g/mol. The van der Waals surface area contributed by atoms with E-state index in [0.717, 1.165) is 6.42 Å². The summed E-state index contributed by atoms with van der Waals surface area (Å²) in [5, 5.41) is 7.56. The van der Waals surface area contributed by atoms with Crippen molar-refractivity contribution in [2.45, 2.75) is 25.3 Å². The molecule has 7 nitrogen and oxygen atoms in total. The van der Waals surface area contributed by atoms with Crippen LogP contribution >= 0.6 is 0 Å². The van der Waals surface area contributed by atoms with Gasteiger partial charge in [-0.15, -0.1) is 0 Å². The highest BCUT2D eigenvalue weighted by Gasteiger charge is 2.15. The molecule has 0 atom stereocenters. The average molecular weight is 496 g/mol. The van der Waals surface area contributed by atoms with E-state index in [9.17, 15) is 14.0 Å². The van der Waals surface area contributed by atoms with E-state index in [1.54, 1.807) is 12.1 Å². The zero-order chi connectivity index (χ0) is 25.6.